The van der Waals surface area contributed by atoms with E-state index in [4.69, 9.17) is 19.5 Å². The quantitative estimate of drug-likeness (QED) is 0.671. The second-order valence-corrected chi connectivity index (χ2v) is 6.41. The topological polar surface area (TPSA) is 127 Å². The second kappa shape index (κ2) is 9.43. The Hall–Kier alpha value is -4.06. The van der Waals surface area contributed by atoms with E-state index in [-0.39, 0.29) is 25.3 Å². The summed E-state index contributed by atoms with van der Waals surface area (Å²) in [6, 6.07) is 13.0. The summed E-state index contributed by atoms with van der Waals surface area (Å²) in [5.74, 6) is -0.283. The first kappa shape index (κ1) is 20.7. The zero-order valence-electron chi connectivity index (χ0n) is 16.1. The average molecular weight is 409 g/mol. The highest BCUT2D eigenvalue weighted by Crippen LogP contribution is 2.32. The third-order valence-corrected chi connectivity index (χ3v) is 4.20. The number of nitrogens with one attached hydrogen (secondary N) is 2. The van der Waals surface area contributed by atoms with Crippen LogP contribution in [0.5, 0.6) is 11.5 Å². The summed E-state index contributed by atoms with van der Waals surface area (Å²) in [6.07, 6.45) is -1.26. The molecule has 0 saturated heterocycles. The van der Waals surface area contributed by atoms with Crippen molar-refractivity contribution in [1.82, 2.24) is 5.32 Å². The van der Waals surface area contributed by atoms with Crippen molar-refractivity contribution in [2.45, 2.75) is 26.0 Å². The van der Waals surface area contributed by atoms with Crippen LogP contribution in [-0.2, 0) is 20.9 Å². The maximum Gasteiger partial charge on any atom is 0.338 e. The molecule has 1 heterocycles. The van der Waals surface area contributed by atoms with Gasteiger partial charge < -0.3 is 24.8 Å². The number of carbonyl (C=O) groups excluding carboxylic acids is 3. The van der Waals surface area contributed by atoms with Gasteiger partial charge in [-0.2, -0.15) is 5.26 Å². The molecule has 2 aromatic carbocycles. The fourth-order valence-electron chi connectivity index (χ4n) is 2.63. The van der Waals surface area contributed by atoms with Gasteiger partial charge in [0.05, 0.1) is 11.6 Å². The Morgan fingerprint density at radius 2 is 1.87 bits per heavy atom. The van der Waals surface area contributed by atoms with Crippen molar-refractivity contribution >= 4 is 23.5 Å². The van der Waals surface area contributed by atoms with E-state index in [1.807, 2.05) is 0 Å². The van der Waals surface area contributed by atoms with E-state index >= 15 is 0 Å². The number of nitrogens with zero attached hydrogens (tertiary/aromatic N) is 1. The molecule has 0 radical (unpaired) electrons. The molecule has 3 rings (SSSR count). The van der Waals surface area contributed by atoms with Gasteiger partial charge in [-0.3, -0.25) is 9.59 Å². The fourth-order valence-corrected chi connectivity index (χ4v) is 2.63. The lowest BCUT2D eigenvalue weighted by Crippen LogP contribution is -2.35. The van der Waals surface area contributed by atoms with Crippen molar-refractivity contribution in [2.75, 3.05) is 12.1 Å². The Balaban J connectivity index is 1.49. The SMILES string of the molecule is C[C@H](OC(=O)c1ccc(NC(=O)CC#N)cc1)C(=O)NCc1ccc2c(c1)OCO2. The van der Waals surface area contributed by atoms with Crippen LogP contribution >= 0.6 is 0 Å². The summed E-state index contributed by atoms with van der Waals surface area (Å²) in [4.78, 5) is 35.9. The van der Waals surface area contributed by atoms with Crippen LogP contribution in [0.25, 0.3) is 0 Å². The molecule has 30 heavy (non-hydrogen) atoms. The first-order chi connectivity index (χ1) is 14.5. The van der Waals surface area contributed by atoms with Gasteiger partial charge in [-0.15, -0.1) is 0 Å². The maximum absolute atomic E-state index is 12.2. The molecule has 1 atom stereocenters. The molecule has 0 aliphatic carbocycles. The van der Waals surface area contributed by atoms with E-state index < -0.39 is 23.9 Å². The Morgan fingerprint density at radius 1 is 1.13 bits per heavy atom. The molecule has 154 valence electrons. The summed E-state index contributed by atoms with van der Waals surface area (Å²) in [5, 5.41) is 13.7. The number of benzene rings is 2. The molecule has 9 heteroatoms. The number of fused-ring (bicyclic) bond motifs is 1. The normalized spacial score (nSPS) is 12.4. The van der Waals surface area contributed by atoms with Crippen molar-refractivity contribution in [2.24, 2.45) is 0 Å². The first-order valence-electron chi connectivity index (χ1n) is 9.10. The van der Waals surface area contributed by atoms with Gasteiger partial charge in [0, 0.05) is 12.2 Å². The minimum Gasteiger partial charge on any atom is -0.454 e. The van der Waals surface area contributed by atoms with E-state index in [1.165, 1.54) is 31.2 Å². The molecule has 1 aliphatic heterocycles. The molecule has 0 aromatic heterocycles. The van der Waals surface area contributed by atoms with Gasteiger partial charge in [-0.25, -0.2) is 4.79 Å². The number of hydrogen-bond acceptors (Lipinski definition) is 7. The van der Waals surface area contributed by atoms with E-state index in [0.29, 0.717) is 17.2 Å². The van der Waals surface area contributed by atoms with E-state index in [1.54, 1.807) is 24.3 Å². The summed E-state index contributed by atoms with van der Waals surface area (Å²) < 4.78 is 15.7. The van der Waals surface area contributed by atoms with Crippen LogP contribution in [-0.4, -0.2) is 30.7 Å². The van der Waals surface area contributed by atoms with Crippen LogP contribution in [0.1, 0.15) is 29.3 Å². The average Bonchev–Trinajstić information content (AvgIpc) is 3.20. The van der Waals surface area contributed by atoms with Gasteiger partial charge in [0.15, 0.2) is 17.6 Å². The number of esters is 1. The van der Waals surface area contributed by atoms with Gasteiger partial charge in [0.2, 0.25) is 12.7 Å². The van der Waals surface area contributed by atoms with Crippen LogP contribution in [0.15, 0.2) is 42.5 Å². The van der Waals surface area contributed by atoms with E-state index in [0.717, 1.165) is 5.56 Å². The summed E-state index contributed by atoms with van der Waals surface area (Å²) in [6.45, 7) is 1.89. The van der Waals surface area contributed by atoms with Gasteiger partial charge in [0.25, 0.3) is 5.91 Å². The van der Waals surface area contributed by atoms with Crippen LogP contribution in [0.4, 0.5) is 5.69 Å². The minimum absolute atomic E-state index is 0.172. The molecular formula is C21H19N3O6. The number of carbonyl (C=O) groups is 3. The van der Waals surface area contributed by atoms with E-state index in [9.17, 15) is 14.4 Å². The Labute approximate surface area is 172 Å². The zero-order valence-corrected chi connectivity index (χ0v) is 16.1. The summed E-state index contributed by atoms with van der Waals surface area (Å²) in [5.41, 5.74) is 1.49. The largest absolute Gasteiger partial charge is 0.454 e. The number of anilines is 1. The highest BCUT2D eigenvalue weighted by Gasteiger charge is 2.19. The molecule has 2 N–H and O–H groups in total. The lowest BCUT2D eigenvalue weighted by molar-refractivity contribution is -0.129. The zero-order chi connectivity index (χ0) is 21.5. The van der Waals surface area contributed by atoms with Crippen molar-refractivity contribution in [3.05, 3.63) is 53.6 Å². The fraction of sp³-hybridized carbons (Fsp3) is 0.238. The highest BCUT2D eigenvalue weighted by molar-refractivity contribution is 5.94. The summed E-state index contributed by atoms with van der Waals surface area (Å²) in [7, 11) is 0. The Bertz CT molecular complexity index is 997. The maximum atomic E-state index is 12.2. The first-order valence-corrected chi connectivity index (χ1v) is 9.10. The molecule has 0 bridgehead atoms. The van der Waals surface area contributed by atoms with Crippen LogP contribution in [0.2, 0.25) is 0 Å². The molecule has 9 nitrogen and oxygen atoms in total. The lowest BCUT2D eigenvalue weighted by atomic mass is 10.2. The third-order valence-electron chi connectivity index (χ3n) is 4.20. The van der Waals surface area contributed by atoms with Crippen LogP contribution in [0.3, 0.4) is 0 Å². The molecule has 2 amide bonds. The van der Waals surface area contributed by atoms with Crippen LogP contribution < -0.4 is 20.1 Å². The van der Waals surface area contributed by atoms with Crippen LogP contribution in [0, 0.1) is 11.3 Å². The monoisotopic (exact) mass is 409 g/mol. The van der Waals surface area contributed by atoms with Crippen molar-refractivity contribution < 1.29 is 28.6 Å². The number of nitriles is 1. The van der Waals surface area contributed by atoms with Gasteiger partial charge in [0.1, 0.15) is 6.42 Å². The third kappa shape index (κ3) is 5.26. The van der Waals surface area contributed by atoms with Gasteiger partial charge in [-0.05, 0) is 48.9 Å². The lowest BCUT2D eigenvalue weighted by Gasteiger charge is -2.14. The van der Waals surface area contributed by atoms with Gasteiger partial charge >= 0.3 is 5.97 Å². The number of rotatable bonds is 7. The molecular weight excluding hydrogens is 390 g/mol. The van der Waals surface area contributed by atoms with E-state index in [2.05, 4.69) is 10.6 Å². The molecule has 0 saturated carbocycles. The number of hydrogen-bond donors (Lipinski definition) is 2. The number of ether oxygens (including phenoxy) is 3. The molecule has 0 fully saturated rings. The summed E-state index contributed by atoms with van der Waals surface area (Å²) >= 11 is 0. The van der Waals surface area contributed by atoms with Crippen molar-refractivity contribution in [1.29, 1.82) is 5.26 Å². The van der Waals surface area contributed by atoms with Gasteiger partial charge in [-0.1, -0.05) is 6.07 Å². The van der Waals surface area contributed by atoms with Crippen molar-refractivity contribution in [3.63, 3.8) is 0 Å². The smallest absolute Gasteiger partial charge is 0.338 e. The predicted molar refractivity (Wildman–Crippen MR) is 105 cm³/mol. The molecule has 2 aromatic rings. The number of amides is 2. The van der Waals surface area contributed by atoms with Crippen molar-refractivity contribution in [3.8, 4) is 17.6 Å². The predicted octanol–water partition coefficient (Wildman–Crippen LogP) is 2.13. The molecule has 0 spiro atoms. The molecule has 0 unspecified atom stereocenters. The second-order valence-electron chi connectivity index (χ2n) is 6.41. The minimum atomic E-state index is -0.999. The Kier molecular flexibility index (Phi) is 6.49. The Morgan fingerprint density at radius 3 is 2.60 bits per heavy atom. The standard InChI is InChI=1S/C21H19N3O6/c1-13(20(26)23-11-14-2-7-17-18(10-14)29-12-28-17)30-21(27)15-3-5-16(6-4-15)24-19(25)8-9-22/h2-7,10,13H,8,11-12H2,1H3,(H,23,26)(H,24,25)/t13-/m0/s1. The highest BCUT2D eigenvalue weighted by atomic mass is 16.7. The molecule has 1 aliphatic rings.